The fourth-order valence-corrected chi connectivity index (χ4v) is 2.40. The van der Waals surface area contributed by atoms with Crippen molar-refractivity contribution in [3.05, 3.63) is 28.8 Å². The average molecular weight is 265 g/mol. The number of alkyl halides is 1. The number of carbonyl (C=O) groups excluding carboxylic acids is 1. The molecule has 0 aromatic heterocycles. The number of rotatable bonds is 5. The van der Waals surface area contributed by atoms with Gasteiger partial charge in [0.15, 0.2) is 0 Å². The maximum atomic E-state index is 13.3. The molecule has 4 heteroatoms. The monoisotopic (exact) mass is 265 g/mol. The maximum absolute atomic E-state index is 13.3. The lowest BCUT2D eigenvalue weighted by Gasteiger charge is -2.42. The number of halogens is 1. The molecular formula is C15H20FNO2. The van der Waals surface area contributed by atoms with Crippen molar-refractivity contribution in [1.82, 2.24) is 4.90 Å². The molecule has 1 aliphatic heterocycles. The fourth-order valence-electron chi connectivity index (χ4n) is 2.40. The highest BCUT2D eigenvalue weighted by Crippen LogP contribution is 2.24. The first-order chi connectivity index (χ1) is 8.91. The zero-order chi connectivity index (χ0) is 14.0. The van der Waals surface area contributed by atoms with E-state index in [1.807, 2.05) is 24.8 Å². The molecule has 0 aliphatic carbocycles. The van der Waals surface area contributed by atoms with Crippen LogP contribution in [0.15, 0.2) is 12.1 Å². The first-order valence-electron chi connectivity index (χ1n) is 6.52. The predicted molar refractivity (Wildman–Crippen MR) is 72.8 cm³/mol. The minimum Gasteiger partial charge on any atom is -0.492 e. The molecule has 0 saturated carbocycles. The zero-order valence-electron chi connectivity index (χ0n) is 11.7. The van der Waals surface area contributed by atoms with Gasteiger partial charge in [0.1, 0.15) is 24.3 Å². The third-order valence-corrected chi connectivity index (χ3v) is 3.59. The molecule has 0 unspecified atom stereocenters. The van der Waals surface area contributed by atoms with E-state index in [-0.39, 0.29) is 0 Å². The third-order valence-electron chi connectivity index (χ3n) is 3.59. The van der Waals surface area contributed by atoms with Crippen molar-refractivity contribution in [1.29, 1.82) is 0 Å². The summed E-state index contributed by atoms with van der Waals surface area (Å²) in [6, 6.07) is 3.68. The highest BCUT2D eigenvalue weighted by atomic mass is 19.1. The summed E-state index contributed by atoms with van der Waals surface area (Å²) < 4.78 is 18.9. The van der Waals surface area contributed by atoms with Crippen LogP contribution in [0.25, 0.3) is 0 Å². The van der Waals surface area contributed by atoms with Gasteiger partial charge in [0.2, 0.25) is 0 Å². The summed E-state index contributed by atoms with van der Waals surface area (Å²) in [5, 5.41) is 0. The highest BCUT2D eigenvalue weighted by molar-refractivity contribution is 5.78. The van der Waals surface area contributed by atoms with E-state index in [2.05, 4.69) is 0 Å². The van der Waals surface area contributed by atoms with E-state index in [4.69, 9.17) is 4.74 Å². The van der Waals surface area contributed by atoms with Crippen LogP contribution >= 0.6 is 0 Å². The Morgan fingerprint density at radius 3 is 2.68 bits per heavy atom. The summed E-state index contributed by atoms with van der Waals surface area (Å²) in [5.74, 6) is 0.703. The standard InChI is InChI=1S/C15H20FNO2/c1-11-6-14(7-13(8-18)12(11)2)19-5-4-17-9-15(3,16)10-17/h6-8H,4-5,9-10H2,1-3H3. The second-order valence-electron chi connectivity index (χ2n) is 5.54. The van der Waals surface area contributed by atoms with E-state index < -0.39 is 5.67 Å². The molecule has 19 heavy (non-hydrogen) atoms. The molecule has 1 aromatic rings. The molecule has 0 radical (unpaired) electrons. The van der Waals surface area contributed by atoms with E-state index in [0.29, 0.717) is 37.6 Å². The Bertz CT molecular complexity index is 477. The summed E-state index contributed by atoms with van der Waals surface area (Å²) in [6.45, 7) is 7.67. The third kappa shape index (κ3) is 3.32. The largest absolute Gasteiger partial charge is 0.492 e. The van der Waals surface area contributed by atoms with Crippen LogP contribution in [-0.4, -0.2) is 43.1 Å². The van der Waals surface area contributed by atoms with Crippen molar-refractivity contribution in [3.63, 3.8) is 0 Å². The molecule has 3 nitrogen and oxygen atoms in total. The Morgan fingerprint density at radius 1 is 1.42 bits per heavy atom. The number of likely N-dealkylation sites (tertiary alicyclic amines) is 1. The Labute approximate surface area is 113 Å². The van der Waals surface area contributed by atoms with E-state index in [0.717, 1.165) is 17.4 Å². The van der Waals surface area contributed by atoms with Gasteiger partial charge in [-0.25, -0.2) is 4.39 Å². The highest BCUT2D eigenvalue weighted by Gasteiger charge is 2.38. The van der Waals surface area contributed by atoms with Crippen molar-refractivity contribution < 1.29 is 13.9 Å². The summed E-state index contributed by atoms with van der Waals surface area (Å²) in [5.41, 5.74) is 1.65. The van der Waals surface area contributed by atoms with Crippen LogP contribution in [0, 0.1) is 13.8 Å². The molecule has 1 aromatic carbocycles. The first-order valence-corrected chi connectivity index (χ1v) is 6.52. The van der Waals surface area contributed by atoms with Crippen LogP contribution in [0.1, 0.15) is 28.4 Å². The molecule has 0 atom stereocenters. The van der Waals surface area contributed by atoms with Crippen LogP contribution in [0.2, 0.25) is 0 Å². The number of benzene rings is 1. The lowest BCUT2D eigenvalue weighted by molar-refractivity contribution is -0.0228. The first kappa shape index (κ1) is 14.0. The molecule has 2 rings (SSSR count). The van der Waals surface area contributed by atoms with Crippen molar-refractivity contribution >= 4 is 6.29 Å². The topological polar surface area (TPSA) is 29.5 Å². The number of hydrogen-bond acceptors (Lipinski definition) is 3. The average Bonchev–Trinajstić information content (AvgIpc) is 2.31. The number of nitrogens with zero attached hydrogens (tertiary/aromatic N) is 1. The normalized spacial score (nSPS) is 17.9. The van der Waals surface area contributed by atoms with E-state index in [1.54, 1.807) is 13.0 Å². The van der Waals surface area contributed by atoms with Gasteiger partial charge in [-0.15, -0.1) is 0 Å². The van der Waals surface area contributed by atoms with Gasteiger partial charge in [0.05, 0.1) is 0 Å². The van der Waals surface area contributed by atoms with Gasteiger partial charge in [-0.05, 0) is 44.0 Å². The van der Waals surface area contributed by atoms with E-state index in [9.17, 15) is 9.18 Å². The lowest BCUT2D eigenvalue weighted by atomic mass is 9.99. The second-order valence-corrected chi connectivity index (χ2v) is 5.54. The second kappa shape index (κ2) is 5.29. The number of aldehydes is 1. The molecule has 0 bridgehead atoms. The van der Waals surface area contributed by atoms with Gasteiger partial charge in [-0.3, -0.25) is 9.69 Å². The van der Waals surface area contributed by atoms with Gasteiger partial charge in [-0.1, -0.05) is 0 Å². The van der Waals surface area contributed by atoms with Gasteiger partial charge in [0.25, 0.3) is 0 Å². The van der Waals surface area contributed by atoms with Crippen LogP contribution in [0.4, 0.5) is 4.39 Å². The Hall–Kier alpha value is -1.42. The molecule has 0 spiro atoms. The number of ether oxygens (including phenoxy) is 1. The van der Waals surface area contributed by atoms with Crippen LogP contribution in [0.3, 0.4) is 0 Å². The molecule has 1 saturated heterocycles. The minimum atomic E-state index is -1.04. The Morgan fingerprint density at radius 2 is 2.11 bits per heavy atom. The number of carbonyl (C=O) groups is 1. The van der Waals surface area contributed by atoms with Gasteiger partial charge in [-0.2, -0.15) is 0 Å². The summed E-state index contributed by atoms with van der Waals surface area (Å²) in [6.07, 6.45) is 0.846. The van der Waals surface area contributed by atoms with Crippen LogP contribution in [-0.2, 0) is 0 Å². The zero-order valence-corrected chi connectivity index (χ0v) is 11.7. The van der Waals surface area contributed by atoms with Crippen molar-refractivity contribution in [2.75, 3.05) is 26.2 Å². The lowest BCUT2D eigenvalue weighted by Crippen LogP contribution is -2.57. The minimum absolute atomic E-state index is 0.475. The van der Waals surface area contributed by atoms with Gasteiger partial charge < -0.3 is 4.74 Å². The van der Waals surface area contributed by atoms with E-state index >= 15 is 0 Å². The molecule has 104 valence electrons. The van der Waals surface area contributed by atoms with Crippen LogP contribution < -0.4 is 4.74 Å². The Balaban J connectivity index is 1.86. The molecule has 0 amide bonds. The van der Waals surface area contributed by atoms with Crippen molar-refractivity contribution in [3.8, 4) is 5.75 Å². The summed E-state index contributed by atoms with van der Waals surface area (Å²) in [4.78, 5) is 13.0. The SMILES string of the molecule is Cc1cc(OCCN2CC(C)(F)C2)cc(C=O)c1C. The number of hydrogen-bond donors (Lipinski definition) is 0. The molecule has 1 aliphatic rings. The number of aryl methyl sites for hydroxylation is 1. The smallest absolute Gasteiger partial charge is 0.150 e. The predicted octanol–water partition coefficient (Wildman–Crippen LogP) is 2.54. The fraction of sp³-hybridized carbons (Fsp3) is 0.533. The molecule has 1 heterocycles. The molecule has 1 fully saturated rings. The quantitative estimate of drug-likeness (QED) is 0.766. The summed E-state index contributed by atoms with van der Waals surface area (Å²) in [7, 11) is 0. The van der Waals surface area contributed by atoms with Gasteiger partial charge in [0, 0.05) is 25.2 Å². The summed E-state index contributed by atoms with van der Waals surface area (Å²) >= 11 is 0. The van der Waals surface area contributed by atoms with Crippen LogP contribution in [0.5, 0.6) is 5.75 Å². The van der Waals surface area contributed by atoms with E-state index in [1.165, 1.54) is 0 Å². The van der Waals surface area contributed by atoms with Gasteiger partial charge >= 0.3 is 0 Å². The molecule has 0 N–H and O–H groups in total. The molecular weight excluding hydrogens is 245 g/mol. The van der Waals surface area contributed by atoms with Crippen molar-refractivity contribution in [2.45, 2.75) is 26.4 Å². The Kier molecular flexibility index (Phi) is 3.90. The van der Waals surface area contributed by atoms with Crippen molar-refractivity contribution in [2.24, 2.45) is 0 Å². The maximum Gasteiger partial charge on any atom is 0.150 e.